The van der Waals surface area contributed by atoms with Crippen LogP contribution in [0.1, 0.15) is 6.42 Å². The van der Waals surface area contributed by atoms with Gasteiger partial charge in [-0.05, 0) is 6.42 Å². The standard InChI is InChI=1S/C5H11ClO3S/c1-10(8,9)3-2-5(7)4-6/h5,7H,2-4H2,1H3. The Morgan fingerprint density at radius 3 is 2.40 bits per heavy atom. The number of halogens is 1. The minimum Gasteiger partial charge on any atom is -0.392 e. The maximum atomic E-state index is 10.5. The van der Waals surface area contributed by atoms with Crippen LogP contribution in [0, 0.1) is 0 Å². The van der Waals surface area contributed by atoms with Crippen molar-refractivity contribution in [2.24, 2.45) is 0 Å². The van der Waals surface area contributed by atoms with E-state index in [0.717, 1.165) is 6.26 Å². The van der Waals surface area contributed by atoms with Crippen LogP contribution in [0.2, 0.25) is 0 Å². The molecule has 5 heteroatoms. The van der Waals surface area contributed by atoms with Crippen molar-refractivity contribution in [1.29, 1.82) is 0 Å². The molecule has 1 atom stereocenters. The van der Waals surface area contributed by atoms with E-state index in [-0.39, 0.29) is 18.1 Å². The van der Waals surface area contributed by atoms with Gasteiger partial charge in [-0.25, -0.2) is 8.42 Å². The van der Waals surface area contributed by atoms with Crippen molar-refractivity contribution >= 4 is 21.4 Å². The number of hydrogen-bond acceptors (Lipinski definition) is 3. The van der Waals surface area contributed by atoms with Crippen molar-refractivity contribution < 1.29 is 13.5 Å². The fourth-order valence-electron chi connectivity index (χ4n) is 0.427. The minimum atomic E-state index is -2.95. The molecule has 1 unspecified atom stereocenters. The Morgan fingerprint density at radius 2 is 2.10 bits per heavy atom. The van der Waals surface area contributed by atoms with Crippen LogP contribution in [-0.2, 0) is 9.84 Å². The van der Waals surface area contributed by atoms with E-state index >= 15 is 0 Å². The highest BCUT2D eigenvalue weighted by atomic mass is 35.5. The summed E-state index contributed by atoms with van der Waals surface area (Å²) in [5, 5.41) is 8.82. The predicted molar refractivity (Wildman–Crippen MR) is 41.1 cm³/mol. The van der Waals surface area contributed by atoms with Crippen LogP contribution < -0.4 is 0 Å². The van der Waals surface area contributed by atoms with Gasteiger partial charge in [0.2, 0.25) is 0 Å². The molecule has 0 aromatic heterocycles. The Labute approximate surface area is 65.9 Å². The number of hydrogen-bond donors (Lipinski definition) is 1. The van der Waals surface area contributed by atoms with E-state index < -0.39 is 15.9 Å². The third kappa shape index (κ3) is 6.32. The Kier molecular flexibility index (Phi) is 4.24. The lowest BCUT2D eigenvalue weighted by Crippen LogP contribution is -2.14. The monoisotopic (exact) mass is 186 g/mol. The summed E-state index contributed by atoms with van der Waals surface area (Å²) in [6.07, 6.45) is 0.660. The van der Waals surface area contributed by atoms with Crippen LogP contribution in [-0.4, -0.2) is 37.5 Å². The molecule has 0 aromatic carbocycles. The number of sulfone groups is 1. The van der Waals surface area contributed by atoms with Crippen molar-refractivity contribution in [3.8, 4) is 0 Å². The third-order valence-corrected chi connectivity index (χ3v) is 2.33. The van der Waals surface area contributed by atoms with E-state index in [9.17, 15) is 8.42 Å². The van der Waals surface area contributed by atoms with Gasteiger partial charge in [0.25, 0.3) is 0 Å². The highest BCUT2D eigenvalue weighted by Gasteiger charge is 2.07. The van der Waals surface area contributed by atoms with Crippen LogP contribution in [0.5, 0.6) is 0 Å². The van der Waals surface area contributed by atoms with Gasteiger partial charge in [0.15, 0.2) is 0 Å². The zero-order chi connectivity index (χ0) is 8.20. The molecular weight excluding hydrogens is 176 g/mol. The molecule has 0 aliphatic heterocycles. The van der Waals surface area contributed by atoms with Gasteiger partial charge in [-0.2, -0.15) is 0 Å². The molecule has 0 aliphatic rings. The van der Waals surface area contributed by atoms with E-state index in [0.29, 0.717) is 0 Å². The summed E-state index contributed by atoms with van der Waals surface area (Å²) in [5.41, 5.74) is 0. The molecule has 62 valence electrons. The van der Waals surface area contributed by atoms with Crippen molar-refractivity contribution in [2.75, 3.05) is 17.9 Å². The fraction of sp³-hybridized carbons (Fsp3) is 1.00. The van der Waals surface area contributed by atoms with E-state index in [1.54, 1.807) is 0 Å². The Morgan fingerprint density at radius 1 is 1.60 bits per heavy atom. The van der Waals surface area contributed by atoms with Crippen LogP contribution in [0.25, 0.3) is 0 Å². The Hall–Kier alpha value is 0.200. The predicted octanol–water partition coefficient (Wildman–Crippen LogP) is 0.0208. The first kappa shape index (κ1) is 10.2. The molecule has 0 heterocycles. The zero-order valence-electron chi connectivity index (χ0n) is 5.75. The Bertz CT molecular complexity index is 175. The van der Waals surface area contributed by atoms with Crippen molar-refractivity contribution in [1.82, 2.24) is 0 Å². The highest BCUT2D eigenvalue weighted by molar-refractivity contribution is 7.90. The summed E-state index contributed by atoms with van der Waals surface area (Å²) in [7, 11) is -2.95. The molecule has 0 amide bonds. The van der Waals surface area contributed by atoms with Crippen LogP contribution in [0.15, 0.2) is 0 Å². The molecule has 0 spiro atoms. The molecule has 0 bridgehead atoms. The maximum Gasteiger partial charge on any atom is 0.147 e. The quantitative estimate of drug-likeness (QED) is 0.630. The summed E-state index contributed by atoms with van der Waals surface area (Å²) in [5.74, 6) is 0.0937. The summed E-state index contributed by atoms with van der Waals surface area (Å²) >= 11 is 5.24. The first-order valence-electron chi connectivity index (χ1n) is 2.87. The van der Waals surface area contributed by atoms with Gasteiger partial charge in [-0.15, -0.1) is 11.6 Å². The molecular formula is C5H11ClO3S. The summed E-state index contributed by atoms with van der Waals surface area (Å²) < 4.78 is 21.0. The van der Waals surface area contributed by atoms with Gasteiger partial charge >= 0.3 is 0 Å². The normalized spacial score (nSPS) is 15.1. The third-order valence-electron chi connectivity index (χ3n) is 1.000. The van der Waals surface area contributed by atoms with Crippen molar-refractivity contribution in [3.63, 3.8) is 0 Å². The smallest absolute Gasteiger partial charge is 0.147 e. The minimum absolute atomic E-state index is 0.000880. The van der Waals surface area contributed by atoms with E-state index in [2.05, 4.69) is 0 Å². The van der Waals surface area contributed by atoms with Gasteiger partial charge in [-0.1, -0.05) is 0 Å². The molecule has 0 saturated carbocycles. The maximum absolute atomic E-state index is 10.5. The molecule has 10 heavy (non-hydrogen) atoms. The molecule has 0 aliphatic carbocycles. The molecule has 0 rings (SSSR count). The van der Waals surface area contributed by atoms with Gasteiger partial charge in [0, 0.05) is 12.1 Å². The van der Waals surface area contributed by atoms with E-state index in [1.165, 1.54) is 0 Å². The highest BCUT2D eigenvalue weighted by Crippen LogP contribution is 1.97. The first-order chi connectivity index (χ1) is 4.45. The van der Waals surface area contributed by atoms with Crippen LogP contribution in [0.4, 0.5) is 0 Å². The van der Waals surface area contributed by atoms with Crippen LogP contribution in [0.3, 0.4) is 0 Å². The lowest BCUT2D eigenvalue weighted by molar-refractivity contribution is 0.194. The second kappa shape index (κ2) is 4.16. The average Bonchev–Trinajstić information content (AvgIpc) is 1.81. The number of alkyl halides is 1. The lowest BCUT2D eigenvalue weighted by atomic mass is 10.3. The lowest BCUT2D eigenvalue weighted by Gasteiger charge is -2.03. The number of rotatable bonds is 4. The molecule has 0 radical (unpaired) electrons. The molecule has 1 N–H and O–H groups in total. The van der Waals surface area contributed by atoms with Crippen molar-refractivity contribution in [2.45, 2.75) is 12.5 Å². The first-order valence-corrected chi connectivity index (χ1v) is 5.47. The molecule has 0 aromatic rings. The van der Waals surface area contributed by atoms with Gasteiger partial charge in [-0.3, -0.25) is 0 Å². The number of aliphatic hydroxyl groups excluding tert-OH is 1. The summed E-state index contributed by atoms with van der Waals surface area (Å²) in [6, 6.07) is 0. The van der Waals surface area contributed by atoms with Crippen LogP contribution >= 0.6 is 11.6 Å². The van der Waals surface area contributed by atoms with Gasteiger partial charge in [0.1, 0.15) is 9.84 Å². The zero-order valence-corrected chi connectivity index (χ0v) is 7.32. The van der Waals surface area contributed by atoms with Gasteiger partial charge in [0.05, 0.1) is 11.9 Å². The number of aliphatic hydroxyl groups is 1. The Balaban J connectivity index is 3.56. The van der Waals surface area contributed by atoms with Gasteiger partial charge < -0.3 is 5.11 Å². The summed E-state index contributed by atoms with van der Waals surface area (Å²) in [6.45, 7) is 0. The molecule has 0 saturated heterocycles. The fourth-order valence-corrected chi connectivity index (χ4v) is 1.28. The second-order valence-electron chi connectivity index (χ2n) is 2.23. The molecule has 3 nitrogen and oxygen atoms in total. The average molecular weight is 187 g/mol. The van der Waals surface area contributed by atoms with E-state index in [1.807, 2.05) is 0 Å². The molecule has 0 fully saturated rings. The second-order valence-corrected chi connectivity index (χ2v) is 4.80. The SMILES string of the molecule is CS(=O)(=O)CCC(O)CCl. The van der Waals surface area contributed by atoms with Crippen molar-refractivity contribution in [3.05, 3.63) is 0 Å². The van der Waals surface area contributed by atoms with E-state index in [4.69, 9.17) is 16.7 Å². The largest absolute Gasteiger partial charge is 0.392 e. The summed E-state index contributed by atoms with van der Waals surface area (Å²) in [4.78, 5) is 0. The topological polar surface area (TPSA) is 54.4 Å².